The summed E-state index contributed by atoms with van der Waals surface area (Å²) in [7, 11) is 0. The maximum Gasteiger partial charge on any atom is 0.267 e. The number of carbonyl (C=O) groups is 1. The van der Waals surface area contributed by atoms with Crippen molar-refractivity contribution in [2.24, 2.45) is 5.92 Å². The van der Waals surface area contributed by atoms with Gasteiger partial charge in [-0.25, -0.2) is 4.68 Å². The minimum absolute atomic E-state index is 0.0987. The molecule has 2 aromatic heterocycles. The number of nitrogens with zero attached hydrogens (tertiary/aromatic N) is 3. The van der Waals surface area contributed by atoms with E-state index in [9.17, 15) is 14.7 Å². The number of carbonyl (C=O) groups excluding carboxylic acids is 1. The lowest BCUT2D eigenvalue weighted by Gasteiger charge is -2.47. The van der Waals surface area contributed by atoms with Gasteiger partial charge in [-0.15, -0.1) is 0 Å². The van der Waals surface area contributed by atoms with E-state index in [-0.39, 0.29) is 23.9 Å². The Bertz CT molecular complexity index is 845. The molecule has 0 aromatic carbocycles. The normalized spacial score (nSPS) is 25.7. The lowest BCUT2D eigenvalue weighted by atomic mass is 9.71. The number of likely N-dealkylation sites (tertiary alicyclic amines) is 1. The number of rotatable bonds is 3. The minimum atomic E-state index is -0.622. The number of furan rings is 1. The van der Waals surface area contributed by atoms with Crippen molar-refractivity contribution in [1.29, 1.82) is 0 Å². The molecule has 4 rings (SSSR count). The smallest absolute Gasteiger partial charge is 0.267 e. The van der Waals surface area contributed by atoms with Crippen LogP contribution in [0.4, 0.5) is 0 Å². The molecule has 2 atom stereocenters. The molecule has 0 spiro atoms. The van der Waals surface area contributed by atoms with E-state index in [1.54, 1.807) is 23.1 Å². The van der Waals surface area contributed by atoms with Crippen LogP contribution in [-0.4, -0.2) is 44.4 Å². The van der Waals surface area contributed by atoms with Crippen LogP contribution in [0.2, 0.25) is 0 Å². The molecule has 0 radical (unpaired) electrons. The van der Waals surface area contributed by atoms with Crippen molar-refractivity contribution >= 4 is 5.91 Å². The molecule has 1 aliphatic carbocycles. The summed E-state index contributed by atoms with van der Waals surface area (Å²) < 4.78 is 6.49. The highest BCUT2D eigenvalue weighted by Crippen LogP contribution is 2.39. The molecule has 1 amide bonds. The minimum Gasteiger partial charge on any atom is -0.463 e. The number of aromatic nitrogens is 2. The molecule has 1 saturated heterocycles. The Labute approximate surface area is 151 Å². The van der Waals surface area contributed by atoms with Gasteiger partial charge in [-0.3, -0.25) is 9.59 Å². The second-order valence-corrected chi connectivity index (χ2v) is 7.33. The van der Waals surface area contributed by atoms with Gasteiger partial charge in [0.2, 0.25) is 5.91 Å². The molecule has 7 nitrogen and oxygen atoms in total. The van der Waals surface area contributed by atoms with Crippen LogP contribution < -0.4 is 5.56 Å². The van der Waals surface area contributed by atoms with Crippen molar-refractivity contribution in [1.82, 2.24) is 14.7 Å². The number of aliphatic hydroxyl groups is 1. The molecular weight excluding hydrogens is 334 g/mol. The first-order valence-corrected chi connectivity index (χ1v) is 9.17. The fourth-order valence-electron chi connectivity index (χ4n) is 4.14. The van der Waals surface area contributed by atoms with Gasteiger partial charge < -0.3 is 14.4 Å². The molecule has 1 saturated carbocycles. The number of piperidine rings is 1. The van der Waals surface area contributed by atoms with Gasteiger partial charge in [-0.1, -0.05) is 12.8 Å². The Balaban J connectivity index is 1.48. The van der Waals surface area contributed by atoms with Crippen LogP contribution in [0, 0.1) is 5.92 Å². The van der Waals surface area contributed by atoms with Crippen molar-refractivity contribution in [3.05, 3.63) is 40.9 Å². The molecule has 1 aliphatic heterocycles. The second-order valence-electron chi connectivity index (χ2n) is 7.33. The first-order chi connectivity index (χ1) is 12.5. The highest BCUT2D eigenvalue weighted by molar-refractivity contribution is 5.76. The van der Waals surface area contributed by atoms with Crippen LogP contribution >= 0.6 is 0 Å². The van der Waals surface area contributed by atoms with Gasteiger partial charge in [-0.05, 0) is 37.5 Å². The van der Waals surface area contributed by atoms with Crippen molar-refractivity contribution in [3.63, 3.8) is 0 Å². The molecule has 2 aromatic rings. The van der Waals surface area contributed by atoms with Gasteiger partial charge >= 0.3 is 0 Å². The predicted octanol–water partition coefficient (Wildman–Crippen LogP) is 1.66. The van der Waals surface area contributed by atoms with Crippen LogP contribution in [0.25, 0.3) is 11.5 Å². The summed E-state index contributed by atoms with van der Waals surface area (Å²) in [4.78, 5) is 26.6. The number of amides is 1. The second kappa shape index (κ2) is 6.72. The van der Waals surface area contributed by atoms with Crippen molar-refractivity contribution in [2.45, 2.75) is 44.2 Å². The van der Waals surface area contributed by atoms with Crippen LogP contribution in [0.1, 0.15) is 32.1 Å². The molecule has 2 fully saturated rings. The molecule has 0 bridgehead atoms. The van der Waals surface area contributed by atoms with E-state index in [1.807, 2.05) is 0 Å². The van der Waals surface area contributed by atoms with Gasteiger partial charge in [0.05, 0.1) is 11.9 Å². The summed E-state index contributed by atoms with van der Waals surface area (Å²) in [5.41, 5.74) is -0.425. The fraction of sp³-hybridized carbons (Fsp3) is 0.526. The number of fused-ring (bicyclic) bond motifs is 1. The average Bonchev–Trinajstić information content (AvgIpc) is 3.17. The largest absolute Gasteiger partial charge is 0.463 e. The lowest BCUT2D eigenvalue weighted by molar-refractivity contribution is -0.144. The van der Waals surface area contributed by atoms with Crippen LogP contribution in [0.15, 0.2) is 39.7 Å². The molecule has 26 heavy (non-hydrogen) atoms. The van der Waals surface area contributed by atoms with E-state index in [0.29, 0.717) is 31.0 Å². The zero-order valence-corrected chi connectivity index (χ0v) is 14.6. The Morgan fingerprint density at radius 1 is 1.31 bits per heavy atom. The quantitative estimate of drug-likeness (QED) is 0.902. The van der Waals surface area contributed by atoms with E-state index in [1.165, 1.54) is 17.0 Å². The van der Waals surface area contributed by atoms with Gasteiger partial charge in [0.25, 0.3) is 5.56 Å². The standard InChI is InChI=1S/C19H23N3O4/c23-17-7-6-15(16-5-3-11-26-16)20-22(17)13-18(24)21-10-9-19(25)8-2-1-4-14(19)12-21/h3,5-7,11,14,25H,1-2,4,8-10,12-13H2/t14-,19-/m1/s1. The Morgan fingerprint density at radius 3 is 3.00 bits per heavy atom. The van der Waals surface area contributed by atoms with E-state index < -0.39 is 5.60 Å². The Morgan fingerprint density at radius 2 is 2.19 bits per heavy atom. The van der Waals surface area contributed by atoms with Crippen LogP contribution in [0.3, 0.4) is 0 Å². The Kier molecular flexibility index (Phi) is 4.40. The third kappa shape index (κ3) is 3.19. The highest BCUT2D eigenvalue weighted by atomic mass is 16.3. The zero-order valence-electron chi connectivity index (χ0n) is 14.6. The predicted molar refractivity (Wildman–Crippen MR) is 94.3 cm³/mol. The van der Waals surface area contributed by atoms with E-state index in [0.717, 1.165) is 25.7 Å². The lowest BCUT2D eigenvalue weighted by Crippen LogP contribution is -2.55. The van der Waals surface area contributed by atoms with Crippen molar-refractivity contribution in [3.8, 4) is 11.5 Å². The van der Waals surface area contributed by atoms with E-state index in [2.05, 4.69) is 5.10 Å². The van der Waals surface area contributed by atoms with Crippen LogP contribution in [-0.2, 0) is 11.3 Å². The van der Waals surface area contributed by atoms with Crippen molar-refractivity contribution < 1.29 is 14.3 Å². The van der Waals surface area contributed by atoms with Gasteiger partial charge in [0.1, 0.15) is 12.2 Å². The van der Waals surface area contributed by atoms with E-state index >= 15 is 0 Å². The van der Waals surface area contributed by atoms with Crippen LogP contribution in [0.5, 0.6) is 0 Å². The summed E-state index contributed by atoms with van der Waals surface area (Å²) in [6.07, 6.45) is 6.08. The Hall–Kier alpha value is -2.41. The average molecular weight is 357 g/mol. The molecule has 2 aliphatic rings. The number of hydrogen-bond donors (Lipinski definition) is 1. The fourth-order valence-corrected chi connectivity index (χ4v) is 4.14. The topological polar surface area (TPSA) is 88.6 Å². The third-order valence-electron chi connectivity index (χ3n) is 5.71. The molecule has 1 N–H and O–H groups in total. The molecule has 138 valence electrons. The summed E-state index contributed by atoms with van der Waals surface area (Å²) in [5, 5.41) is 15.0. The van der Waals surface area contributed by atoms with Gasteiger partial charge in [0.15, 0.2) is 5.76 Å². The van der Waals surface area contributed by atoms with Crippen molar-refractivity contribution in [2.75, 3.05) is 13.1 Å². The highest BCUT2D eigenvalue weighted by Gasteiger charge is 2.43. The van der Waals surface area contributed by atoms with Gasteiger partial charge in [0, 0.05) is 25.1 Å². The molecular formula is C19H23N3O4. The number of hydrogen-bond acceptors (Lipinski definition) is 5. The molecule has 7 heteroatoms. The first kappa shape index (κ1) is 17.0. The first-order valence-electron chi connectivity index (χ1n) is 9.17. The SMILES string of the molecule is O=C(Cn1nc(-c2ccco2)ccc1=O)N1CC[C@]2(O)CCCC[C@@H]2C1. The molecule has 0 unspecified atom stereocenters. The zero-order chi connectivity index (χ0) is 18.1. The summed E-state index contributed by atoms with van der Waals surface area (Å²) in [6, 6.07) is 6.49. The summed E-state index contributed by atoms with van der Waals surface area (Å²) >= 11 is 0. The molecule has 3 heterocycles. The maximum atomic E-state index is 12.7. The summed E-state index contributed by atoms with van der Waals surface area (Å²) in [5.74, 6) is 0.549. The van der Waals surface area contributed by atoms with E-state index in [4.69, 9.17) is 4.42 Å². The third-order valence-corrected chi connectivity index (χ3v) is 5.71. The maximum absolute atomic E-state index is 12.7. The monoisotopic (exact) mass is 357 g/mol. The summed E-state index contributed by atoms with van der Waals surface area (Å²) in [6.45, 7) is 0.985. The van der Waals surface area contributed by atoms with Gasteiger partial charge in [-0.2, -0.15) is 5.10 Å².